The van der Waals surface area contributed by atoms with Crippen LogP contribution in [0, 0.1) is 5.92 Å². The zero-order chi connectivity index (χ0) is 19.9. The van der Waals surface area contributed by atoms with Gasteiger partial charge in [-0.1, -0.05) is 11.6 Å². The van der Waals surface area contributed by atoms with Gasteiger partial charge in [-0.25, -0.2) is 8.42 Å². The second-order valence-corrected chi connectivity index (χ2v) is 8.46. The maximum Gasteiger partial charge on any atom is 0.309 e. The molecule has 1 amide bonds. The van der Waals surface area contributed by atoms with Crippen LogP contribution in [0.2, 0.25) is 5.02 Å². The second-order valence-electron chi connectivity index (χ2n) is 6.08. The van der Waals surface area contributed by atoms with Gasteiger partial charge in [0.1, 0.15) is 0 Å². The molecule has 1 heterocycles. The number of nitrogens with zero attached hydrogens (tertiary/aromatic N) is 1. The third kappa shape index (κ3) is 6.17. The van der Waals surface area contributed by atoms with Gasteiger partial charge in [0.2, 0.25) is 10.0 Å². The number of sulfonamides is 1. The SMILES string of the molecule is COCCNC(=O)COC(=O)C1CCN(S(=O)(=O)c2ccc(Cl)cc2)CC1. The number of ether oxygens (including phenoxy) is 2. The number of amides is 1. The Morgan fingerprint density at radius 2 is 1.85 bits per heavy atom. The van der Waals surface area contributed by atoms with Crippen LogP contribution in [0.25, 0.3) is 0 Å². The summed E-state index contributed by atoms with van der Waals surface area (Å²) in [6.45, 7) is 0.787. The van der Waals surface area contributed by atoms with E-state index in [1.165, 1.54) is 35.7 Å². The van der Waals surface area contributed by atoms with Crippen molar-refractivity contribution in [3.05, 3.63) is 29.3 Å². The normalized spacial score (nSPS) is 16.1. The lowest BCUT2D eigenvalue weighted by Gasteiger charge is -2.30. The fourth-order valence-electron chi connectivity index (χ4n) is 2.69. The first kappa shape index (κ1) is 21.6. The summed E-state index contributed by atoms with van der Waals surface area (Å²) in [5, 5.41) is 3.01. The molecule has 150 valence electrons. The summed E-state index contributed by atoms with van der Waals surface area (Å²) in [4.78, 5) is 23.8. The first-order valence-electron chi connectivity index (χ1n) is 8.52. The van der Waals surface area contributed by atoms with E-state index in [1.807, 2.05) is 0 Å². The van der Waals surface area contributed by atoms with E-state index < -0.39 is 27.8 Å². The van der Waals surface area contributed by atoms with Gasteiger partial charge >= 0.3 is 5.97 Å². The van der Waals surface area contributed by atoms with Crippen molar-refractivity contribution in [2.24, 2.45) is 5.92 Å². The number of esters is 1. The molecule has 1 aromatic carbocycles. The monoisotopic (exact) mass is 418 g/mol. The van der Waals surface area contributed by atoms with E-state index in [2.05, 4.69) is 5.32 Å². The number of carbonyl (C=O) groups excluding carboxylic acids is 2. The predicted octanol–water partition coefficient (Wildman–Crippen LogP) is 1.05. The molecular weight excluding hydrogens is 396 g/mol. The third-order valence-corrected chi connectivity index (χ3v) is 6.38. The molecule has 0 atom stereocenters. The van der Waals surface area contributed by atoms with Crippen molar-refractivity contribution in [3.8, 4) is 0 Å². The fraction of sp³-hybridized carbons (Fsp3) is 0.529. The molecule has 2 rings (SSSR count). The fourth-order valence-corrected chi connectivity index (χ4v) is 4.28. The largest absolute Gasteiger partial charge is 0.455 e. The van der Waals surface area contributed by atoms with Gasteiger partial charge in [-0.15, -0.1) is 0 Å². The van der Waals surface area contributed by atoms with E-state index in [-0.39, 0.29) is 24.6 Å². The molecule has 27 heavy (non-hydrogen) atoms. The van der Waals surface area contributed by atoms with Crippen molar-refractivity contribution in [1.82, 2.24) is 9.62 Å². The van der Waals surface area contributed by atoms with Crippen LogP contribution in [0.3, 0.4) is 0 Å². The Morgan fingerprint density at radius 3 is 2.44 bits per heavy atom. The number of hydrogen-bond donors (Lipinski definition) is 1. The molecule has 1 saturated heterocycles. The number of nitrogens with one attached hydrogen (secondary N) is 1. The summed E-state index contributed by atoms with van der Waals surface area (Å²) in [6.07, 6.45) is 0.688. The third-order valence-electron chi connectivity index (χ3n) is 4.21. The van der Waals surface area contributed by atoms with Gasteiger partial charge in [-0.05, 0) is 37.1 Å². The molecule has 0 bridgehead atoms. The zero-order valence-corrected chi connectivity index (χ0v) is 16.6. The number of benzene rings is 1. The smallest absolute Gasteiger partial charge is 0.309 e. The number of piperidine rings is 1. The average molecular weight is 419 g/mol. The highest BCUT2D eigenvalue weighted by Crippen LogP contribution is 2.25. The summed E-state index contributed by atoms with van der Waals surface area (Å²) in [5.41, 5.74) is 0. The van der Waals surface area contributed by atoms with E-state index in [0.717, 1.165) is 0 Å². The van der Waals surface area contributed by atoms with E-state index in [1.54, 1.807) is 0 Å². The molecule has 1 aliphatic heterocycles. The minimum atomic E-state index is -3.62. The first-order chi connectivity index (χ1) is 12.8. The lowest BCUT2D eigenvalue weighted by Crippen LogP contribution is -2.41. The Bertz CT molecular complexity index is 745. The van der Waals surface area contributed by atoms with Crippen molar-refractivity contribution >= 4 is 33.5 Å². The molecule has 1 N–H and O–H groups in total. The summed E-state index contributed by atoms with van der Waals surface area (Å²) < 4.78 is 36.4. The van der Waals surface area contributed by atoms with Crippen molar-refractivity contribution in [2.75, 3.05) is 40.0 Å². The summed E-state index contributed by atoms with van der Waals surface area (Å²) in [7, 11) is -2.10. The van der Waals surface area contributed by atoms with Crippen molar-refractivity contribution in [3.63, 3.8) is 0 Å². The molecular formula is C17H23ClN2O6S. The maximum atomic E-state index is 12.6. The molecule has 1 aliphatic rings. The van der Waals surface area contributed by atoms with Gasteiger partial charge in [0.05, 0.1) is 17.4 Å². The number of carbonyl (C=O) groups is 2. The molecule has 10 heteroatoms. The van der Waals surface area contributed by atoms with Crippen LogP contribution >= 0.6 is 11.6 Å². The molecule has 0 unspecified atom stereocenters. The van der Waals surface area contributed by atoms with Crippen LogP contribution in [0.4, 0.5) is 0 Å². The van der Waals surface area contributed by atoms with Crippen molar-refractivity contribution in [1.29, 1.82) is 0 Å². The number of rotatable bonds is 8. The van der Waals surface area contributed by atoms with Crippen LogP contribution in [0.5, 0.6) is 0 Å². The quantitative estimate of drug-likeness (QED) is 0.500. The number of hydrogen-bond acceptors (Lipinski definition) is 6. The number of halogens is 1. The van der Waals surface area contributed by atoms with Gasteiger partial charge in [-0.3, -0.25) is 9.59 Å². The summed E-state index contributed by atoms with van der Waals surface area (Å²) >= 11 is 5.79. The molecule has 8 nitrogen and oxygen atoms in total. The first-order valence-corrected chi connectivity index (χ1v) is 10.3. The van der Waals surface area contributed by atoms with E-state index in [9.17, 15) is 18.0 Å². The van der Waals surface area contributed by atoms with E-state index in [4.69, 9.17) is 21.1 Å². The zero-order valence-electron chi connectivity index (χ0n) is 15.0. The molecule has 1 fully saturated rings. The lowest BCUT2D eigenvalue weighted by molar-refractivity contribution is -0.153. The van der Waals surface area contributed by atoms with E-state index in [0.29, 0.717) is 31.0 Å². The van der Waals surface area contributed by atoms with E-state index >= 15 is 0 Å². The average Bonchev–Trinajstić information content (AvgIpc) is 2.67. The van der Waals surface area contributed by atoms with Crippen molar-refractivity contribution < 1.29 is 27.5 Å². The Labute approximate surface area is 163 Å². The standard InChI is InChI=1S/C17H23ClN2O6S/c1-25-11-8-19-16(21)12-26-17(22)13-6-9-20(10-7-13)27(23,24)15-4-2-14(18)3-5-15/h2-5,13H,6-12H2,1H3,(H,19,21). The van der Waals surface area contributed by atoms with Gasteiger partial charge < -0.3 is 14.8 Å². The molecule has 0 aromatic heterocycles. The summed E-state index contributed by atoms with van der Waals surface area (Å²) in [6, 6.07) is 5.97. The van der Waals surface area contributed by atoms with Crippen LogP contribution in [0.1, 0.15) is 12.8 Å². The van der Waals surface area contributed by atoms with Crippen LogP contribution in [0.15, 0.2) is 29.2 Å². The van der Waals surface area contributed by atoms with Crippen LogP contribution < -0.4 is 5.32 Å². The molecule has 0 radical (unpaired) electrons. The van der Waals surface area contributed by atoms with Crippen LogP contribution in [-0.2, 0) is 29.1 Å². The Balaban J connectivity index is 1.81. The maximum absolute atomic E-state index is 12.6. The molecule has 0 aliphatic carbocycles. The Hall–Kier alpha value is -1.68. The minimum Gasteiger partial charge on any atom is -0.455 e. The van der Waals surface area contributed by atoms with Gasteiger partial charge in [0.15, 0.2) is 6.61 Å². The lowest BCUT2D eigenvalue weighted by atomic mass is 9.98. The van der Waals surface area contributed by atoms with Crippen LogP contribution in [-0.4, -0.2) is 64.6 Å². The predicted molar refractivity (Wildman–Crippen MR) is 98.8 cm³/mol. The summed E-state index contributed by atoms with van der Waals surface area (Å²) in [5.74, 6) is -1.31. The minimum absolute atomic E-state index is 0.167. The van der Waals surface area contributed by atoms with Gasteiger partial charge in [0, 0.05) is 31.8 Å². The molecule has 1 aromatic rings. The molecule has 0 spiro atoms. The Kier molecular flexibility index (Phi) is 8.03. The highest BCUT2D eigenvalue weighted by molar-refractivity contribution is 7.89. The highest BCUT2D eigenvalue weighted by Gasteiger charge is 2.32. The topological polar surface area (TPSA) is 102 Å². The Morgan fingerprint density at radius 1 is 1.22 bits per heavy atom. The number of methoxy groups -OCH3 is 1. The second kappa shape index (κ2) is 10.0. The van der Waals surface area contributed by atoms with Gasteiger partial charge in [-0.2, -0.15) is 4.31 Å². The van der Waals surface area contributed by atoms with Gasteiger partial charge in [0.25, 0.3) is 5.91 Å². The van der Waals surface area contributed by atoms with Crippen molar-refractivity contribution in [2.45, 2.75) is 17.7 Å². The highest BCUT2D eigenvalue weighted by atomic mass is 35.5. The molecule has 0 saturated carbocycles.